The topological polar surface area (TPSA) is 55.4 Å². The first kappa shape index (κ1) is 16.1. The van der Waals surface area contributed by atoms with Gasteiger partial charge in [0, 0.05) is 17.8 Å². The van der Waals surface area contributed by atoms with Crippen LogP contribution in [0, 0.1) is 0 Å². The molecule has 0 aliphatic rings. The van der Waals surface area contributed by atoms with Gasteiger partial charge in [0.15, 0.2) is 0 Å². The summed E-state index contributed by atoms with van der Waals surface area (Å²) in [7, 11) is -2.23. The third kappa shape index (κ3) is 4.11. The average Bonchev–Trinajstić information content (AvgIpc) is 2.42. The maximum Gasteiger partial charge on any atom is 0.263 e. The van der Waals surface area contributed by atoms with E-state index in [-0.39, 0.29) is 9.92 Å². The van der Waals surface area contributed by atoms with Gasteiger partial charge in [-0.3, -0.25) is 4.72 Å². The molecule has 0 spiro atoms. The smallest absolute Gasteiger partial charge is 0.263 e. The molecule has 0 aromatic heterocycles. The second kappa shape index (κ2) is 6.66. The summed E-state index contributed by atoms with van der Waals surface area (Å²) in [6.45, 7) is 0.396. The predicted molar refractivity (Wildman–Crippen MR) is 84.4 cm³/mol. The lowest BCUT2D eigenvalue weighted by atomic mass is 10.2. The van der Waals surface area contributed by atoms with E-state index >= 15 is 0 Å². The Balaban J connectivity index is 2.33. The average molecular weight is 346 g/mol. The van der Waals surface area contributed by atoms with E-state index in [9.17, 15) is 8.42 Å². The van der Waals surface area contributed by atoms with E-state index in [0.29, 0.717) is 17.3 Å². The molecule has 0 radical (unpaired) electrons. The molecule has 2 aromatic carbocycles. The number of methoxy groups -OCH3 is 1. The maximum atomic E-state index is 12.4. The zero-order chi connectivity index (χ0) is 15.5. The molecule has 21 heavy (non-hydrogen) atoms. The first-order chi connectivity index (χ1) is 9.92. The Labute approximate surface area is 133 Å². The maximum absolute atomic E-state index is 12.4. The van der Waals surface area contributed by atoms with Crippen molar-refractivity contribution in [3.8, 4) is 0 Å². The second-order valence-corrected chi connectivity index (χ2v) is 6.81. The number of halogens is 2. The molecule has 0 fully saturated rings. The summed E-state index contributed by atoms with van der Waals surface area (Å²) in [5, 5.41) is 0.410. The molecule has 0 aliphatic heterocycles. The van der Waals surface area contributed by atoms with E-state index in [1.807, 2.05) is 6.07 Å². The van der Waals surface area contributed by atoms with E-state index in [1.165, 1.54) is 18.2 Å². The molecule has 0 bridgehead atoms. The fourth-order valence-corrected chi connectivity index (χ4v) is 3.60. The summed E-state index contributed by atoms with van der Waals surface area (Å²) < 4.78 is 32.2. The molecule has 2 rings (SSSR count). The normalized spacial score (nSPS) is 11.4. The predicted octanol–water partition coefficient (Wildman–Crippen LogP) is 3.94. The van der Waals surface area contributed by atoms with Crippen LogP contribution in [0.2, 0.25) is 10.0 Å². The number of anilines is 1. The molecule has 0 heterocycles. The van der Waals surface area contributed by atoms with Gasteiger partial charge in [-0.25, -0.2) is 8.42 Å². The fourth-order valence-electron chi connectivity index (χ4n) is 1.78. The quantitative estimate of drug-likeness (QED) is 0.892. The van der Waals surface area contributed by atoms with Crippen LogP contribution in [0.5, 0.6) is 0 Å². The van der Waals surface area contributed by atoms with Crippen molar-refractivity contribution < 1.29 is 13.2 Å². The molecule has 0 amide bonds. The standard InChI is InChI=1S/C14H13Cl2NO3S/c1-20-9-10-3-2-4-12(7-10)17-21(18,19)14-8-11(15)5-6-13(14)16/h2-8,17H,9H2,1H3. The summed E-state index contributed by atoms with van der Waals surface area (Å²) in [6.07, 6.45) is 0. The molecule has 0 atom stereocenters. The van der Waals surface area contributed by atoms with Gasteiger partial charge in [-0.05, 0) is 35.9 Å². The van der Waals surface area contributed by atoms with Crippen LogP contribution in [-0.4, -0.2) is 15.5 Å². The first-order valence-corrected chi connectivity index (χ1v) is 8.22. The van der Waals surface area contributed by atoms with Crippen molar-refractivity contribution in [3.63, 3.8) is 0 Å². The van der Waals surface area contributed by atoms with E-state index < -0.39 is 10.0 Å². The van der Waals surface area contributed by atoms with Gasteiger partial charge in [0.25, 0.3) is 10.0 Å². The molecule has 2 aromatic rings. The van der Waals surface area contributed by atoms with E-state index in [0.717, 1.165) is 5.56 Å². The third-order valence-corrected chi connectivity index (χ3v) is 4.77. The SMILES string of the molecule is COCc1cccc(NS(=O)(=O)c2cc(Cl)ccc2Cl)c1. The summed E-state index contributed by atoms with van der Waals surface area (Å²) >= 11 is 11.8. The second-order valence-electron chi connectivity index (χ2n) is 4.31. The van der Waals surface area contributed by atoms with Crippen LogP contribution in [0.4, 0.5) is 5.69 Å². The number of nitrogens with one attached hydrogen (secondary N) is 1. The van der Waals surface area contributed by atoms with Crippen LogP contribution in [0.3, 0.4) is 0 Å². The number of sulfonamides is 1. The van der Waals surface area contributed by atoms with Crippen molar-refractivity contribution in [3.05, 3.63) is 58.1 Å². The monoisotopic (exact) mass is 345 g/mol. The number of rotatable bonds is 5. The highest BCUT2D eigenvalue weighted by Crippen LogP contribution is 2.27. The van der Waals surface area contributed by atoms with E-state index in [1.54, 1.807) is 25.3 Å². The molecular weight excluding hydrogens is 333 g/mol. The fraction of sp³-hybridized carbons (Fsp3) is 0.143. The number of hydrogen-bond donors (Lipinski definition) is 1. The largest absolute Gasteiger partial charge is 0.380 e. The van der Waals surface area contributed by atoms with Gasteiger partial charge in [0.1, 0.15) is 4.90 Å². The molecule has 0 saturated carbocycles. The number of hydrogen-bond acceptors (Lipinski definition) is 3. The van der Waals surface area contributed by atoms with Gasteiger partial charge in [0.05, 0.1) is 11.6 Å². The summed E-state index contributed by atoms with van der Waals surface area (Å²) in [5.74, 6) is 0. The highest BCUT2D eigenvalue weighted by atomic mass is 35.5. The molecule has 0 saturated heterocycles. The van der Waals surface area contributed by atoms with Crippen molar-refractivity contribution >= 4 is 38.9 Å². The Kier molecular flexibility index (Phi) is 5.11. The third-order valence-electron chi connectivity index (χ3n) is 2.67. The number of benzene rings is 2. The molecule has 112 valence electrons. The van der Waals surface area contributed by atoms with Gasteiger partial charge in [-0.1, -0.05) is 35.3 Å². The van der Waals surface area contributed by atoms with Crippen LogP contribution >= 0.6 is 23.2 Å². The lowest BCUT2D eigenvalue weighted by Gasteiger charge is -2.11. The highest BCUT2D eigenvalue weighted by Gasteiger charge is 2.18. The van der Waals surface area contributed by atoms with Crippen LogP contribution in [0.15, 0.2) is 47.4 Å². The van der Waals surface area contributed by atoms with E-state index in [2.05, 4.69) is 4.72 Å². The van der Waals surface area contributed by atoms with E-state index in [4.69, 9.17) is 27.9 Å². The minimum absolute atomic E-state index is 0.0613. The molecule has 0 unspecified atom stereocenters. The van der Waals surface area contributed by atoms with Gasteiger partial charge in [-0.15, -0.1) is 0 Å². The molecule has 0 aliphatic carbocycles. The molecule has 1 N–H and O–H groups in total. The van der Waals surface area contributed by atoms with Crippen LogP contribution in [0.1, 0.15) is 5.56 Å². The summed E-state index contributed by atoms with van der Waals surface area (Å²) in [6, 6.07) is 11.2. The Morgan fingerprint density at radius 1 is 1.14 bits per heavy atom. The summed E-state index contributed by atoms with van der Waals surface area (Å²) in [4.78, 5) is -0.0613. The Morgan fingerprint density at radius 2 is 1.90 bits per heavy atom. The van der Waals surface area contributed by atoms with Crippen molar-refractivity contribution in [2.45, 2.75) is 11.5 Å². The molecule has 7 heteroatoms. The first-order valence-electron chi connectivity index (χ1n) is 5.98. The zero-order valence-corrected chi connectivity index (χ0v) is 13.5. The summed E-state index contributed by atoms with van der Waals surface area (Å²) in [5.41, 5.74) is 1.29. The van der Waals surface area contributed by atoms with Gasteiger partial charge in [0.2, 0.25) is 0 Å². The molecular formula is C14H13Cl2NO3S. The van der Waals surface area contributed by atoms with Crippen molar-refractivity contribution in [2.75, 3.05) is 11.8 Å². The minimum atomic E-state index is -3.81. The lowest BCUT2D eigenvalue weighted by Crippen LogP contribution is -2.13. The minimum Gasteiger partial charge on any atom is -0.380 e. The lowest BCUT2D eigenvalue weighted by molar-refractivity contribution is 0.185. The Hall–Kier alpha value is -1.27. The van der Waals surface area contributed by atoms with Crippen LogP contribution in [0.25, 0.3) is 0 Å². The van der Waals surface area contributed by atoms with Crippen LogP contribution < -0.4 is 4.72 Å². The van der Waals surface area contributed by atoms with Crippen molar-refractivity contribution in [1.29, 1.82) is 0 Å². The zero-order valence-electron chi connectivity index (χ0n) is 11.1. The Morgan fingerprint density at radius 3 is 2.62 bits per heavy atom. The molecule has 4 nitrogen and oxygen atoms in total. The highest BCUT2D eigenvalue weighted by molar-refractivity contribution is 7.92. The van der Waals surface area contributed by atoms with Crippen molar-refractivity contribution in [2.24, 2.45) is 0 Å². The Bertz CT molecular complexity index is 748. The van der Waals surface area contributed by atoms with Gasteiger partial charge in [-0.2, -0.15) is 0 Å². The van der Waals surface area contributed by atoms with Gasteiger partial charge >= 0.3 is 0 Å². The van der Waals surface area contributed by atoms with Crippen molar-refractivity contribution in [1.82, 2.24) is 0 Å². The van der Waals surface area contributed by atoms with Gasteiger partial charge < -0.3 is 4.74 Å². The van der Waals surface area contributed by atoms with Crippen LogP contribution in [-0.2, 0) is 21.4 Å². The number of ether oxygens (including phenoxy) is 1.